The number of nitrogens with zero attached hydrogens (tertiary/aromatic N) is 4. The van der Waals surface area contributed by atoms with Crippen LogP contribution in [0.4, 0.5) is 0 Å². The van der Waals surface area contributed by atoms with Crippen molar-refractivity contribution in [2.24, 2.45) is 0 Å². The van der Waals surface area contributed by atoms with Crippen LogP contribution >= 0.6 is 0 Å². The van der Waals surface area contributed by atoms with Gasteiger partial charge in [-0.3, -0.25) is 0 Å². The number of furan rings is 2. The SMILES string of the molecule is N#Cc1cccc(-c2ccc3c4ccc(-c5ccc(-c6nc(-c7ccccc7)nc(-c7ccc8c(c7)oc7ccccc78)n6)cc5)cc4c4oc5ccccc5c4c3c2)c1. The summed E-state index contributed by atoms with van der Waals surface area (Å²) in [5.41, 5.74) is 10.8. The van der Waals surface area contributed by atoms with E-state index in [4.69, 9.17) is 23.8 Å². The number of para-hydroxylation sites is 2. The number of fused-ring (bicyclic) bond motifs is 11. The van der Waals surface area contributed by atoms with Crippen LogP contribution < -0.4 is 0 Å². The van der Waals surface area contributed by atoms with Crippen molar-refractivity contribution in [3.05, 3.63) is 188 Å². The zero-order valence-corrected chi connectivity index (χ0v) is 31.9. The largest absolute Gasteiger partial charge is 0.456 e. The molecule has 0 bridgehead atoms. The van der Waals surface area contributed by atoms with Gasteiger partial charge in [-0.2, -0.15) is 5.26 Å². The second kappa shape index (κ2) is 13.3. The minimum Gasteiger partial charge on any atom is -0.456 e. The molecule has 9 aromatic carbocycles. The van der Waals surface area contributed by atoms with E-state index < -0.39 is 0 Å². The first-order valence-corrected chi connectivity index (χ1v) is 19.8. The first-order valence-electron chi connectivity index (χ1n) is 19.8. The highest BCUT2D eigenvalue weighted by atomic mass is 16.3. The molecule has 0 aliphatic heterocycles. The maximum absolute atomic E-state index is 9.57. The maximum Gasteiger partial charge on any atom is 0.164 e. The van der Waals surface area contributed by atoms with Gasteiger partial charge in [-0.15, -0.1) is 0 Å². The summed E-state index contributed by atoms with van der Waals surface area (Å²) < 4.78 is 12.9. The van der Waals surface area contributed by atoms with E-state index in [1.165, 1.54) is 0 Å². The lowest BCUT2D eigenvalue weighted by Crippen LogP contribution is -2.00. The molecule has 6 nitrogen and oxygen atoms in total. The van der Waals surface area contributed by atoms with Gasteiger partial charge in [-0.05, 0) is 86.9 Å². The Morgan fingerprint density at radius 1 is 0.333 bits per heavy atom. The molecule has 3 heterocycles. The molecule has 278 valence electrons. The van der Waals surface area contributed by atoms with E-state index in [2.05, 4.69) is 103 Å². The molecule has 0 aliphatic rings. The van der Waals surface area contributed by atoms with Gasteiger partial charge < -0.3 is 8.83 Å². The Balaban J connectivity index is 0.968. The van der Waals surface area contributed by atoms with Crippen LogP contribution in [-0.2, 0) is 0 Å². The van der Waals surface area contributed by atoms with Crippen LogP contribution in [0, 0.1) is 11.3 Å². The Morgan fingerprint density at radius 2 is 0.850 bits per heavy atom. The maximum atomic E-state index is 9.57. The van der Waals surface area contributed by atoms with Crippen molar-refractivity contribution in [1.29, 1.82) is 5.26 Å². The van der Waals surface area contributed by atoms with Crippen molar-refractivity contribution in [1.82, 2.24) is 15.0 Å². The van der Waals surface area contributed by atoms with Crippen molar-refractivity contribution in [3.63, 3.8) is 0 Å². The average molecular weight is 767 g/mol. The van der Waals surface area contributed by atoms with E-state index in [0.717, 1.165) is 104 Å². The van der Waals surface area contributed by atoms with Gasteiger partial charge >= 0.3 is 0 Å². The van der Waals surface area contributed by atoms with Gasteiger partial charge in [-0.1, -0.05) is 133 Å². The number of hydrogen-bond acceptors (Lipinski definition) is 6. The van der Waals surface area contributed by atoms with E-state index >= 15 is 0 Å². The Morgan fingerprint density at radius 3 is 1.62 bits per heavy atom. The summed E-state index contributed by atoms with van der Waals surface area (Å²) >= 11 is 0. The van der Waals surface area contributed by atoms with Gasteiger partial charge in [-0.25, -0.2) is 15.0 Å². The molecule has 3 aromatic heterocycles. The third kappa shape index (κ3) is 5.45. The molecular weight excluding hydrogens is 737 g/mol. The summed E-state index contributed by atoms with van der Waals surface area (Å²) in [6, 6.07) is 64.1. The predicted octanol–water partition coefficient (Wildman–Crippen LogP) is 14.2. The number of benzene rings is 9. The number of nitriles is 1. The summed E-state index contributed by atoms with van der Waals surface area (Å²) in [6.07, 6.45) is 0. The van der Waals surface area contributed by atoms with Crippen LogP contribution in [0.1, 0.15) is 5.56 Å². The molecular formula is C54H30N4O2. The van der Waals surface area contributed by atoms with Gasteiger partial charge in [0.25, 0.3) is 0 Å². The van der Waals surface area contributed by atoms with Gasteiger partial charge in [0.1, 0.15) is 22.3 Å². The number of rotatable bonds is 5. The van der Waals surface area contributed by atoms with Crippen LogP contribution in [0.25, 0.3) is 122 Å². The molecule has 12 aromatic rings. The fourth-order valence-electron chi connectivity index (χ4n) is 8.61. The van der Waals surface area contributed by atoms with Crippen molar-refractivity contribution in [2.45, 2.75) is 0 Å². The van der Waals surface area contributed by atoms with E-state index in [-0.39, 0.29) is 0 Å². The summed E-state index contributed by atoms with van der Waals surface area (Å²) in [4.78, 5) is 15.0. The first kappa shape index (κ1) is 33.7. The molecule has 0 spiro atoms. The molecule has 0 unspecified atom stereocenters. The monoisotopic (exact) mass is 766 g/mol. The molecule has 0 N–H and O–H groups in total. The third-order valence-corrected chi connectivity index (χ3v) is 11.5. The molecule has 12 rings (SSSR count). The number of hydrogen-bond donors (Lipinski definition) is 0. The Kier molecular flexibility index (Phi) is 7.50. The molecule has 0 aliphatic carbocycles. The Bertz CT molecular complexity index is 3730. The van der Waals surface area contributed by atoms with Gasteiger partial charge in [0.2, 0.25) is 0 Å². The highest BCUT2D eigenvalue weighted by Gasteiger charge is 2.19. The van der Waals surface area contributed by atoms with Crippen molar-refractivity contribution in [2.75, 3.05) is 0 Å². The highest BCUT2D eigenvalue weighted by Crippen LogP contribution is 2.43. The Hall–Kier alpha value is -8.40. The minimum atomic E-state index is 0.574. The fourth-order valence-corrected chi connectivity index (χ4v) is 8.61. The molecule has 6 heteroatoms. The molecule has 0 radical (unpaired) electrons. The third-order valence-electron chi connectivity index (χ3n) is 11.5. The molecule has 0 saturated carbocycles. The van der Waals surface area contributed by atoms with Crippen LogP contribution in [0.3, 0.4) is 0 Å². The fraction of sp³-hybridized carbons (Fsp3) is 0. The van der Waals surface area contributed by atoms with Gasteiger partial charge in [0.15, 0.2) is 17.5 Å². The predicted molar refractivity (Wildman–Crippen MR) is 241 cm³/mol. The average Bonchev–Trinajstić information content (AvgIpc) is 3.90. The van der Waals surface area contributed by atoms with E-state index in [0.29, 0.717) is 23.0 Å². The zero-order chi connectivity index (χ0) is 39.7. The highest BCUT2D eigenvalue weighted by molar-refractivity contribution is 6.31. The van der Waals surface area contributed by atoms with Gasteiger partial charge in [0, 0.05) is 43.6 Å². The molecule has 0 saturated heterocycles. The molecule has 0 fully saturated rings. The smallest absolute Gasteiger partial charge is 0.164 e. The van der Waals surface area contributed by atoms with Crippen molar-refractivity contribution >= 4 is 65.4 Å². The van der Waals surface area contributed by atoms with Gasteiger partial charge in [0.05, 0.1) is 11.6 Å². The zero-order valence-electron chi connectivity index (χ0n) is 31.9. The van der Waals surface area contributed by atoms with Crippen molar-refractivity contribution in [3.8, 4) is 62.5 Å². The number of aromatic nitrogens is 3. The normalized spacial score (nSPS) is 11.7. The quantitative estimate of drug-likeness (QED) is 0.162. The van der Waals surface area contributed by atoms with E-state index in [1.807, 2.05) is 84.9 Å². The van der Waals surface area contributed by atoms with E-state index in [9.17, 15) is 5.26 Å². The van der Waals surface area contributed by atoms with Crippen LogP contribution in [0.5, 0.6) is 0 Å². The Labute approximate surface area is 343 Å². The molecule has 60 heavy (non-hydrogen) atoms. The second-order valence-electron chi connectivity index (χ2n) is 15.1. The first-order chi connectivity index (χ1) is 29.6. The lowest BCUT2D eigenvalue weighted by atomic mass is 9.92. The van der Waals surface area contributed by atoms with Crippen LogP contribution in [0.15, 0.2) is 191 Å². The lowest BCUT2D eigenvalue weighted by Gasteiger charge is -2.12. The summed E-state index contributed by atoms with van der Waals surface area (Å²) in [5.74, 6) is 1.76. The standard InChI is InChI=1S/C54H30N4O2/c55-31-32-9-8-12-36(27-32)38-22-24-40-41-25-21-37(29-46(41)51-50(45(40)28-38)44-14-5-7-16-48(44)60-51)33-17-19-35(20-18-33)53-56-52(34-10-2-1-3-11-34)57-54(58-53)39-23-26-43-42-13-4-6-15-47(42)59-49(43)30-39/h1-30H. The molecule has 0 amide bonds. The minimum absolute atomic E-state index is 0.574. The van der Waals surface area contributed by atoms with Crippen molar-refractivity contribution < 1.29 is 8.83 Å². The summed E-state index contributed by atoms with van der Waals surface area (Å²) in [7, 11) is 0. The molecule has 0 atom stereocenters. The second-order valence-corrected chi connectivity index (χ2v) is 15.1. The topological polar surface area (TPSA) is 88.7 Å². The lowest BCUT2D eigenvalue weighted by molar-refractivity contribution is 0.669. The van der Waals surface area contributed by atoms with Crippen LogP contribution in [0.2, 0.25) is 0 Å². The van der Waals surface area contributed by atoms with E-state index in [1.54, 1.807) is 0 Å². The summed E-state index contributed by atoms with van der Waals surface area (Å²) in [5, 5.41) is 18.3. The summed E-state index contributed by atoms with van der Waals surface area (Å²) in [6.45, 7) is 0. The van der Waals surface area contributed by atoms with Crippen LogP contribution in [-0.4, -0.2) is 15.0 Å².